The molecule has 2 rings (SSSR count). The van der Waals surface area contributed by atoms with Crippen LogP contribution in [0.1, 0.15) is 11.1 Å². The van der Waals surface area contributed by atoms with E-state index in [4.69, 9.17) is 4.74 Å². The molecule has 16 heavy (non-hydrogen) atoms. The average molecular weight is 221 g/mol. The van der Waals surface area contributed by atoms with Crippen LogP contribution in [-0.2, 0) is 17.8 Å². The molecular formula is C13H19NO2. The van der Waals surface area contributed by atoms with E-state index in [0.717, 1.165) is 44.8 Å². The van der Waals surface area contributed by atoms with Crippen LogP contribution in [-0.4, -0.2) is 42.9 Å². The van der Waals surface area contributed by atoms with Gasteiger partial charge in [-0.2, -0.15) is 0 Å². The predicted molar refractivity (Wildman–Crippen MR) is 63.3 cm³/mol. The Hall–Kier alpha value is -0.900. The van der Waals surface area contributed by atoms with Crippen LogP contribution >= 0.6 is 0 Å². The summed E-state index contributed by atoms with van der Waals surface area (Å²) in [5.74, 6) is 0. The zero-order valence-electron chi connectivity index (χ0n) is 9.56. The second kappa shape index (κ2) is 5.99. The van der Waals surface area contributed by atoms with Crippen LogP contribution in [0.15, 0.2) is 24.3 Å². The lowest BCUT2D eigenvalue weighted by Gasteiger charge is -2.26. The fourth-order valence-corrected chi connectivity index (χ4v) is 2.06. The fraction of sp³-hybridized carbons (Fsp3) is 0.538. The number of rotatable bonds is 4. The Balaban J connectivity index is 1.88. The molecule has 0 radical (unpaired) electrons. The molecule has 0 amide bonds. The summed E-state index contributed by atoms with van der Waals surface area (Å²) in [5.41, 5.74) is 2.31. The van der Waals surface area contributed by atoms with E-state index in [0.29, 0.717) is 0 Å². The minimum Gasteiger partial charge on any atom is -0.392 e. The summed E-state index contributed by atoms with van der Waals surface area (Å²) in [6.45, 7) is 4.95. The molecule has 0 aliphatic carbocycles. The van der Waals surface area contributed by atoms with Crippen LogP contribution in [0.4, 0.5) is 0 Å². The first-order valence-corrected chi connectivity index (χ1v) is 5.88. The van der Waals surface area contributed by atoms with Crippen molar-refractivity contribution < 1.29 is 9.84 Å². The minimum absolute atomic E-state index is 0.138. The van der Waals surface area contributed by atoms with Gasteiger partial charge in [-0.3, -0.25) is 4.90 Å². The van der Waals surface area contributed by atoms with E-state index in [9.17, 15) is 5.11 Å². The van der Waals surface area contributed by atoms with Crippen LogP contribution in [0.5, 0.6) is 0 Å². The van der Waals surface area contributed by atoms with Crippen molar-refractivity contribution in [3.8, 4) is 0 Å². The molecule has 0 unspecified atom stereocenters. The Labute approximate surface area is 96.6 Å². The third-order valence-electron chi connectivity index (χ3n) is 3.09. The standard InChI is InChI=1S/C13H19NO2/c15-11-13-4-2-1-3-12(13)5-6-14-7-9-16-10-8-14/h1-4,15H,5-11H2. The lowest BCUT2D eigenvalue weighted by Crippen LogP contribution is -2.37. The van der Waals surface area contributed by atoms with Gasteiger partial charge in [0, 0.05) is 19.6 Å². The highest BCUT2D eigenvalue weighted by atomic mass is 16.5. The number of hydrogen-bond donors (Lipinski definition) is 1. The first-order valence-electron chi connectivity index (χ1n) is 5.88. The zero-order chi connectivity index (χ0) is 11.2. The summed E-state index contributed by atoms with van der Waals surface area (Å²) in [5, 5.41) is 9.22. The predicted octanol–water partition coefficient (Wildman–Crippen LogP) is 1.05. The number of morpholine rings is 1. The molecule has 0 aromatic heterocycles. The van der Waals surface area contributed by atoms with E-state index in [1.807, 2.05) is 18.2 Å². The summed E-state index contributed by atoms with van der Waals surface area (Å²) in [6, 6.07) is 8.11. The molecule has 0 saturated carbocycles. The number of benzene rings is 1. The fourth-order valence-electron chi connectivity index (χ4n) is 2.06. The summed E-state index contributed by atoms with van der Waals surface area (Å²) in [7, 11) is 0. The molecular weight excluding hydrogens is 202 g/mol. The maximum Gasteiger partial charge on any atom is 0.0684 e. The molecule has 1 N–H and O–H groups in total. The third kappa shape index (κ3) is 3.04. The van der Waals surface area contributed by atoms with Gasteiger partial charge in [0.1, 0.15) is 0 Å². The van der Waals surface area contributed by atoms with Crippen LogP contribution in [0.25, 0.3) is 0 Å². The van der Waals surface area contributed by atoms with Gasteiger partial charge in [0.15, 0.2) is 0 Å². The van der Waals surface area contributed by atoms with Crippen molar-refractivity contribution in [1.29, 1.82) is 0 Å². The molecule has 1 heterocycles. The van der Waals surface area contributed by atoms with Crippen molar-refractivity contribution in [2.45, 2.75) is 13.0 Å². The van der Waals surface area contributed by atoms with Gasteiger partial charge in [0.05, 0.1) is 19.8 Å². The SMILES string of the molecule is OCc1ccccc1CCN1CCOCC1. The second-order valence-electron chi connectivity index (χ2n) is 4.13. The van der Waals surface area contributed by atoms with Gasteiger partial charge in [0.25, 0.3) is 0 Å². The van der Waals surface area contributed by atoms with Crippen molar-refractivity contribution in [2.75, 3.05) is 32.8 Å². The molecule has 88 valence electrons. The Morgan fingerprint density at radius 1 is 1.12 bits per heavy atom. The molecule has 1 aliphatic rings. The maximum absolute atomic E-state index is 9.22. The first-order chi connectivity index (χ1) is 7.90. The van der Waals surface area contributed by atoms with Gasteiger partial charge in [0.2, 0.25) is 0 Å². The van der Waals surface area contributed by atoms with Crippen LogP contribution in [0, 0.1) is 0 Å². The van der Waals surface area contributed by atoms with Crippen LogP contribution in [0.2, 0.25) is 0 Å². The topological polar surface area (TPSA) is 32.7 Å². The van der Waals surface area contributed by atoms with Gasteiger partial charge in [-0.25, -0.2) is 0 Å². The van der Waals surface area contributed by atoms with E-state index in [2.05, 4.69) is 11.0 Å². The average Bonchev–Trinajstić information content (AvgIpc) is 2.38. The van der Waals surface area contributed by atoms with Crippen molar-refractivity contribution in [1.82, 2.24) is 4.90 Å². The van der Waals surface area contributed by atoms with Crippen LogP contribution in [0.3, 0.4) is 0 Å². The summed E-state index contributed by atoms with van der Waals surface area (Å²) in [6.07, 6.45) is 1.01. The molecule has 1 aromatic rings. The number of aliphatic hydroxyl groups is 1. The van der Waals surface area contributed by atoms with E-state index < -0.39 is 0 Å². The number of aliphatic hydroxyl groups excluding tert-OH is 1. The molecule has 3 nitrogen and oxygen atoms in total. The summed E-state index contributed by atoms with van der Waals surface area (Å²) < 4.78 is 5.31. The van der Waals surface area contributed by atoms with Crippen molar-refractivity contribution >= 4 is 0 Å². The molecule has 1 fully saturated rings. The lowest BCUT2D eigenvalue weighted by molar-refractivity contribution is 0.0384. The molecule has 1 aromatic carbocycles. The van der Waals surface area contributed by atoms with Gasteiger partial charge in [-0.15, -0.1) is 0 Å². The molecule has 3 heteroatoms. The normalized spacial score (nSPS) is 17.6. The van der Waals surface area contributed by atoms with E-state index in [1.54, 1.807) is 0 Å². The van der Waals surface area contributed by atoms with Crippen LogP contribution < -0.4 is 0 Å². The lowest BCUT2D eigenvalue weighted by atomic mass is 10.0. The third-order valence-corrected chi connectivity index (χ3v) is 3.09. The number of hydrogen-bond acceptors (Lipinski definition) is 3. The molecule has 0 spiro atoms. The Kier molecular flexibility index (Phi) is 4.34. The summed E-state index contributed by atoms with van der Waals surface area (Å²) >= 11 is 0. The zero-order valence-corrected chi connectivity index (χ0v) is 9.56. The largest absolute Gasteiger partial charge is 0.392 e. The number of ether oxygens (including phenoxy) is 1. The molecule has 0 bridgehead atoms. The highest BCUT2D eigenvalue weighted by Crippen LogP contribution is 2.10. The first kappa shape index (κ1) is 11.6. The smallest absolute Gasteiger partial charge is 0.0684 e. The highest BCUT2D eigenvalue weighted by molar-refractivity contribution is 5.26. The Morgan fingerprint density at radius 2 is 1.81 bits per heavy atom. The molecule has 0 atom stereocenters. The Bertz CT molecular complexity index is 321. The quantitative estimate of drug-likeness (QED) is 0.825. The van der Waals surface area contributed by atoms with E-state index in [-0.39, 0.29) is 6.61 Å². The second-order valence-corrected chi connectivity index (χ2v) is 4.13. The monoisotopic (exact) mass is 221 g/mol. The van der Waals surface area contributed by atoms with Gasteiger partial charge in [-0.1, -0.05) is 24.3 Å². The van der Waals surface area contributed by atoms with Crippen molar-refractivity contribution in [2.24, 2.45) is 0 Å². The van der Waals surface area contributed by atoms with Gasteiger partial charge >= 0.3 is 0 Å². The Morgan fingerprint density at radius 3 is 2.50 bits per heavy atom. The van der Waals surface area contributed by atoms with Crippen molar-refractivity contribution in [3.63, 3.8) is 0 Å². The van der Waals surface area contributed by atoms with E-state index >= 15 is 0 Å². The van der Waals surface area contributed by atoms with Gasteiger partial charge < -0.3 is 9.84 Å². The summed E-state index contributed by atoms with van der Waals surface area (Å²) in [4.78, 5) is 2.41. The molecule has 1 saturated heterocycles. The van der Waals surface area contributed by atoms with Gasteiger partial charge in [-0.05, 0) is 17.5 Å². The molecule has 1 aliphatic heterocycles. The maximum atomic E-state index is 9.22. The van der Waals surface area contributed by atoms with Crippen molar-refractivity contribution in [3.05, 3.63) is 35.4 Å². The number of nitrogens with zero attached hydrogens (tertiary/aromatic N) is 1. The minimum atomic E-state index is 0.138. The van der Waals surface area contributed by atoms with E-state index in [1.165, 1.54) is 5.56 Å². The highest BCUT2D eigenvalue weighted by Gasteiger charge is 2.10.